The molecule has 1 rings (SSSR count). The summed E-state index contributed by atoms with van der Waals surface area (Å²) in [5.74, 6) is -0.713. The van der Waals surface area contributed by atoms with Crippen molar-refractivity contribution in [3.63, 3.8) is 0 Å². The molecule has 0 saturated carbocycles. The van der Waals surface area contributed by atoms with Crippen LogP contribution in [0.4, 0.5) is 0 Å². The van der Waals surface area contributed by atoms with E-state index in [0.29, 0.717) is 18.7 Å². The third kappa shape index (κ3) is 6.03. The van der Waals surface area contributed by atoms with Gasteiger partial charge in [-0.1, -0.05) is 0 Å². The molecule has 0 aromatic rings. The highest BCUT2D eigenvalue weighted by molar-refractivity contribution is 5.66. The maximum Gasteiger partial charge on any atom is 0.304 e. The van der Waals surface area contributed by atoms with Crippen LogP contribution in [0.5, 0.6) is 0 Å². The van der Waals surface area contributed by atoms with Crippen LogP contribution in [0.1, 0.15) is 46.0 Å². The van der Waals surface area contributed by atoms with Crippen LogP contribution in [-0.4, -0.2) is 47.8 Å². The predicted molar refractivity (Wildman–Crippen MR) is 67.2 cm³/mol. The lowest BCUT2D eigenvalue weighted by atomic mass is 10.1. The van der Waals surface area contributed by atoms with Crippen molar-refractivity contribution in [1.29, 1.82) is 0 Å². The molecule has 4 nitrogen and oxygen atoms in total. The Balaban J connectivity index is 2.16. The van der Waals surface area contributed by atoms with Crippen LogP contribution >= 0.6 is 0 Å². The van der Waals surface area contributed by atoms with Crippen LogP contribution in [0.25, 0.3) is 0 Å². The van der Waals surface area contributed by atoms with Gasteiger partial charge in [0, 0.05) is 19.2 Å². The summed E-state index contributed by atoms with van der Waals surface area (Å²) in [7, 11) is 0. The molecule has 1 N–H and O–H groups in total. The summed E-state index contributed by atoms with van der Waals surface area (Å²) in [6.07, 6.45) is 5.27. The fourth-order valence-electron chi connectivity index (χ4n) is 2.26. The molecule has 0 radical (unpaired) electrons. The molecule has 100 valence electrons. The normalized spacial score (nSPS) is 20.4. The average Bonchev–Trinajstić information content (AvgIpc) is 2.74. The van der Waals surface area contributed by atoms with Crippen LogP contribution < -0.4 is 0 Å². The van der Waals surface area contributed by atoms with Crippen LogP contribution in [0.15, 0.2) is 0 Å². The van der Waals surface area contributed by atoms with E-state index in [2.05, 4.69) is 18.7 Å². The number of aliphatic carboxylic acids is 1. The van der Waals surface area contributed by atoms with Gasteiger partial charge in [0.2, 0.25) is 0 Å². The molecule has 1 atom stereocenters. The first kappa shape index (κ1) is 14.5. The first-order valence-corrected chi connectivity index (χ1v) is 6.67. The van der Waals surface area contributed by atoms with Crippen LogP contribution in [0.2, 0.25) is 0 Å². The fraction of sp³-hybridized carbons (Fsp3) is 0.923. The van der Waals surface area contributed by atoms with E-state index >= 15 is 0 Å². The number of hydrogen-bond donors (Lipinski definition) is 1. The molecule has 4 heteroatoms. The van der Waals surface area contributed by atoms with Crippen LogP contribution in [-0.2, 0) is 9.53 Å². The molecule has 1 fully saturated rings. The van der Waals surface area contributed by atoms with Crippen LogP contribution in [0.3, 0.4) is 0 Å². The van der Waals surface area contributed by atoms with Crippen molar-refractivity contribution in [2.45, 2.75) is 58.1 Å². The van der Waals surface area contributed by atoms with E-state index in [-0.39, 0.29) is 6.42 Å². The molecule has 0 aromatic heterocycles. The highest BCUT2D eigenvalue weighted by Gasteiger charge is 2.16. The Morgan fingerprint density at radius 1 is 1.47 bits per heavy atom. The zero-order valence-corrected chi connectivity index (χ0v) is 11.0. The number of hydrogen-bond acceptors (Lipinski definition) is 3. The van der Waals surface area contributed by atoms with Crippen LogP contribution in [0, 0.1) is 0 Å². The molecule has 0 bridgehead atoms. The molecule has 1 aliphatic heterocycles. The first-order chi connectivity index (χ1) is 8.09. The zero-order chi connectivity index (χ0) is 12.7. The number of rotatable bonds is 8. The largest absolute Gasteiger partial charge is 0.481 e. The van der Waals surface area contributed by atoms with Crippen molar-refractivity contribution in [2.24, 2.45) is 0 Å². The van der Waals surface area contributed by atoms with E-state index in [1.54, 1.807) is 0 Å². The third-order valence-corrected chi connectivity index (χ3v) is 3.34. The van der Waals surface area contributed by atoms with Crippen molar-refractivity contribution in [3.8, 4) is 0 Å². The van der Waals surface area contributed by atoms with Gasteiger partial charge in [-0.3, -0.25) is 4.79 Å². The topological polar surface area (TPSA) is 49.8 Å². The highest BCUT2D eigenvalue weighted by Crippen LogP contribution is 2.17. The molecule has 0 spiro atoms. The summed E-state index contributed by atoms with van der Waals surface area (Å²) >= 11 is 0. The molecule has 0 amide bonds. The smallest absolute Gasteiger partial charge is 0.304 e. The minimum absolute atomic E-state index is 0.234. The number of ether oxygens (including phenoxy) is 1. The van der Waals surface area contributed by atoms with Gasteiger partial charge in [0.25, 0.3) is 0 Å². The average molecular weight is 243 g/mol. The SMILES string of the molecule is CC(C)N(CCCC1CCCO1)CCC(=O)O. The van der Waals surface area contributed by atoms with Gasteiger partial charge >= 0.3 is 5.97 Å². The fourth-order valence-corrected chi connectivity index (χ4v) is 2.26. The van der Waals surface area contributed by atoms with Crippen molar-refractivity contribution in [3.05, 3.63) is 0 Å². The van der Waals surface area contributed by atoms with E-state index in [0.717, 1.165) is 26.0 Å². The van der Waals surface area contributed by atoms with Gasteiger partial charge in [-0.25, -0.2) is 0 Å². The Bertz CT molecular complexity index is 225. The second-order valence-electron chi connectivity index (χ2n) is 5.05. The molecular formula is C13H25NO3. The standard InChI is InChI=1S/C13H25NO3/c1-11(2)14(9-7-13(15)16)8-3-5-12-6-4-10-17-12/h11-12H,3-10H2,1-2H3,(H,15,16). The lowest BCUT2D eigenvalue weighted by molar-refractivity contribution is -0.137. The summed E-state index contributed by atoms with van der Waals surface area (Å²) in [4.78, 5) is 12.8. The second-order valence-corrected chi connectivity index (χ2v) is 5.05. The van der Waals surface area contributed by atoms with Crippen molar-refractivity contribution in [2.75, 3.05) is 19.7 Å². The zero-order valence-electron chi connectivity index (χ0n) is 11.0. The van der Waals surface area contributed by atoms with E-state index < -0.39 is 5.97 Å². The Morgan fingerprint density at radius 2 is 2.24 bits per heavy atom. The molecule has 17 heavy (non-hydrogen) atoms. The van der Waals surface area contributed by atoms with E-state index in [1.807, 2.05) is 0 Å². The van der Waals surface area contributed by atoms with Gasteiger partial charge in [0.15, 0.2) is 0 Å². The summed E-state index contributed by atoms with van der Waals surface area (Å²) in [6, 6.07) is 0.416. The Morgan fingerprint density at radius 3 is 2.76 bits per heavy atom. The van der Waals surface area contributed by atoms with Gasteiger partial charge < -0.3 is 14.7 Å². The summed E-state index contributed by atoms with van der Waals surface area (Å²) in [5.41, 5.74) is 0. The van der Waals surface area contributed by atoms with Crippen molar-refractivity contribution < 1.29 is 14.6 Å². The lowest BCUT2D eigenvalue weighted by Gasteiger charge is -2.26. The monoisotopic (exact) mass is 243 g/mol. The molecule has 1 unspecified atom stereocenters. The quantitative estimate of drug-likeness (QED) is 0.709. The van der Waals surface area contributed by atoms with Gasteiger partial charge in [0.05, 0.1) is 12.5 Å². The van der Waals surface area contributed by atoms with E-state index in [4.69, 9.17) is 9.84 Å². The van der Waals surface area contributed by atoms with E-state index in [1.165, 1.54) is 12.8 Å². The molecule has 0 aromatic carbocycles. The number of carboxylic acids is 1. The van der Waals surface area contributed by atoms with Gasteiger partial charge in [-0.05, 0) is 46.1 Å². The van der Waals surface area contributed by atoms with Gasteiger partial charge in [-0.2, -0.15) is 0 Å². The number of carbonyl (C=O) groups is 1. The predicted octanol–water partition coefficient (Wildman–Crippen LogP) is 2.13. The molecule has 1 aliphatic rings. The van der Waals surface area contributed by atoms with Crippen molar-refractivity contribution >= 4 is 5.97 Å². The van der Waals surface area contributed by atoms with Gasteiger partial charge in [-0.15, -0.1) is 0 Å². The maximum absolute atomic E-state index is 10.6. The minimum Gasteiger partial charge on any atom is -0.481 e. The molecule has 1 saturated heterocycles. The van der Waals surface area contributed by atoms with E-state index in [9.17, 15) is 4.79 Å². The first-order valence-electron chi connectivity index (χ1n) is 6.67. The highest BCUT2D eigenvalue weighted by atomic mass is 16.5. The Kier molecular flexibility index (Phi) is 6.52. The minimum atomic E-state index is -0.713. The molecular weight excluding hydrogens is 218 g/mol. The van der Waals surface area contributed by atoms with Crippen molar-refractivity contribution in [1.82, 2.24) is 4.90 Å². The number of carboxylic acid groups (broad SMARTS) is 1. The summed E-state index contributed by atoms with van der Waals surface area (Å²) < 4.78 is 5.58. The third-order valence-electron chi connectivity index (χ3n) is 3.34. The number of nitrogens with zero attached hydrogens (tertiary/aromatic N) is 1. The molecule has 0 aliphatic carbocycles. The Labute approximate surface area is 104 Å². The lowest BCUT2D eigenvalue weighted by Crippen LogP contribution is -2.34. The van der Waals surface area contributed by atoms with Gasteiger partial charge in [0.1, 0.15) is 0 Å². The molecule has 1 heterocycles. The Hall–Kier alpha value is -0.610. The second kappa shape index (κ2) is 7.67. The maximum atomic E-state index is 10.6. The summed E-state index contributed by atoms with van der Waals surface area (Å²) in [5, 5.41) is 8.70. The summed E-state index contributed by atoms with van der Waals surface area (Å²) in [6.45, 7) is 6.78.